The maximum Gasteiger partial charge on any atom is 0.356 e. The molecule has 0 bridgehead atoms. The van der Waals surface area contributed by atoms with Crippen LogP contribution < -0.4 is 4.90 Å². The molecule has 7 heteroatoms. The molecule has 2 aromatic heterocycles. The molecule has 0 spiro atoms. The molecule has 0 aromatic carbocycles. The molecule has 2 heterocycles. The third kappa shape index (κ3) is 2.62. The Labute approximate surface area is 104 Å². The third-order valence-electron chi connectivity index (χ3n) is 2.41. The van der Waals surface area contributed by atoms with E-state index in [1.54, 1.807) is 10.9 Å². The first kappa shape index (κ1) is 12.0. The van der Waals surface area contributed by atoms with Gasteiger partial charge in [0.2, 0.25) is 0 Å². The van der Waals surface area contributed by atoms with Crippen molar-refractivity contribution in [3.05, 3.63) is 36.0 Å². The molecule has 0 saturated heterocycles. The number of aromatic nitrogens is 4. The lowest BCUT2D eigenvalue weighted by Crippen LogP contribution is -2.18. The summed E-state index contributed by atoms with van der Waals surface area (Å²) in [6, 6.07) is 0. The van der Waals surface area contributed by atoms with Gasteiger partial charge in [0.25, 0.3) is 0 Å². The molecule has 0 atom stereocenters. The minimum Gasteiger partial charge on any atom is -0.476 e. The van der Waals surface area contributed by atoms with Crippen molar-refractivity contribution >= 4 is 11.8 Å². The van der Waals surface area contributed by atoms with Crippen LogP contribution in [0.2, 0.25) is 0 Å². The molecule has 94 valence electrons. The van der Waals surface area contributed by atoms with Crippen molar-refractivity contribution in [1.29, 1.82) is 0 Å². The van der Waals surface area contributed by atoms with Crippen LogP contribution in [0.1, 0.15) is 16.1 Å². The van der Waals surface area contributed by atoms with E-state index in [1.807, 2.05) is 25.2 Å². The number of carbonyl (C=O) groups is 1. The van der Waals surface area contributed by atoms with Gasteiger partial charge in [-0.05, 0) is 0 Å². The summed E-state index contributed by atoms with van der Waals surface area (Å²) in [5.41, 5.74) is 0.952. The van der Waals surface area contributed by atoms with Gasteiger partial charge >= 0.3 is 5.97 Å². The van der Waals surface area contributed by atoms with Gasteiger partial charge in [0.05, 0.1) is 18.6 Å². The van der Waals surface area contributed by atoms with Crippen LogP contribution in [-0.4, -0.2) is 37.9 Å². The highest BCUT2D eigenvalue weighted by molar-refractivity contribution is 5.85. The Bertz CT molecular complexity index is 566. The van der Waals surface area contributed by atoms with E-state index in [9.17, 15) is 4.79 Å². The van der Waals surface area contributed by atoms with E-state index in [0.29, 0.717) is 12.4 Å². The molecule has 1 N–H and O–H groups in total. The number of nitrogens with zero attached hydrogens (tertiary/aromatic N) is 5. The van der Waals surface area contributed by atoms with Gasteiger partial charge in [-0.1, -0.05) is 0 Å². The molecule has 0 aliphatic heterocycles. The maximum atomic E-state index is 10.8. The Kier molecular flexibility index (Phi) is 3.22. The summed E-state index contributed by atoms with van der Waals surface area (Å²) in [5, 5.41) is 12.9. The summed E-state index contributed by atoms with van der Waals surface area (Å²) in [6.07, 6.45) is 6.41. The number of carboxylic acids is 1. The number of hydrogen-bond donors (Lipinski definition) is 1. The second-order valence-electron chi connectivity index (χ2n) is 3.95. The molecule has 0 fully saturated rings. The smallest absolute Gasteiger partial charge is 0.356 e. The zero-order chi connectivity index (χ0) is 13.1. The molecule has 7 nitrogen and oxygen atoms in total. The van der Waals surface area contributed by atoms with Gasteiger partial charge in [-0.15, -0.1) is 0 Å². The summed E-state index contributed by atoms with van der Waals surface area (Å²) in [6.45, 7) is 0.589. The fourth-order valence-electron chi connectivity index (χ4n) is 1.55. The number of rotatable bonds is 4. The van der Waals surface area contributed by atoms with Crippen LogP contribution in [0.4, 0.5) is 5.82 Å². The predicted octanol–water partition coefficient (Wildman–Crippen LogP) is 0.545. The Morgan fingerprint density at radius 1 is 1.44 bits per heavy atom. The van der Waals surface area contributed by atoms with Crippen LogP contribution in [0.3, 0.4) is 0 Å². The van der Waals surface area contributed by atoms with E-state index in [0.717, 1.165) is 5.56 Å². The summed E-state index contributed by atoms with van der Waals surface area (Å²) < 4.78 is 1.71. The lowest BCUT2D eigenvalue weighted by Gasteiger charge is -2.16. The standard InChI is InChI=1S/C11H13N5O2/c1-15(6-8-3-13-16(2)7-8)10-5-12-4-9(14-10)11(17)18/h3-5,7H,6H2,1-2H3,(H,17,18). The molecule has 18 heavy (non-hydrogen) atoms. The highest BCUT2D eigenvalue weighted by Crippen LogP contribution is 2.11. The lowest BCUT2D eigenvalue weighted by molar-refractivity contribution is 0.0690. The number of carboxylic acid groups (broad SMARTS) is 1. The van der Waals surface area contributed by atoms with Crippen molar-refractivity contribution in [3.8, 4) is 0 Å². The molecular formula is C11H13N5O2. The molecule has 0 aliphatic rings. The van der Waals surface area contributed by atoms with E-state index in [4.69, 9.17) is 5.11 Å². The van der Waals surface area contributed by atoms with E-state index in [-0.39, 0.29) is 5.69 Å². The fourth-order valence-corrected chi connectivity index (χ4v) is 1.55. The van der Waals surface area contributed by atoms with Crippen LogP contribution in [0.25, 0.3) is 0 Å². The number of hydrogen-bond acceptors (Lipinski definition) is 5. The van der Waals surface area contributed by atoms with Crippen molar-refractivity contribution < 1.29 is 9.90 Å². The minimum absolute atomic E-state index is 0.0643. The minimum atomic E-state index is -1.08. The summed E-state index contributed by atoms with van der Waals surface area (Å²) in [7, 11) is 3.66. The molecule has 0 saturated carbocycles. The summed E-state index contributed by atoms with van der Waals surface area (Å²) in [5.74, 6) is -0.571. The summed E-state index contributed by atoms with van der Waals surface area (Å²) in [4.78, 5) is 20.5. The van der Waals surface area contributed by atoms with Crippen LogP contribution in [0.5, 0.6) is 0 Å². The predicted molar refractivity (Wildman–Crippen MR) is 64.3 cm³/mol. The van der Waals surface area contributed by atoms with Crippen LogP contribution in [0, 0.1) is 0 Å². The molecule has 0 amide bonds. The van der Waals surface area contributed by atoms with Crippen LogP contribution in [-0.2, 0) is 13.6 Å². The number of anilines is 1. The topological polar surface area (TPSA) is 84.1 Å². The van der Waals surface area contributed by atoms with Gasteiger partial charge in [0.1, 0.15) is 5.82 Å². The Balaban J connectivity index is 2.15. The van der Waals surface area contributed by atoms with Gasteiger partial charge in [0, 0.05) is 32.4 Å². The normalized spacial score (nSPS) is 10.3. The van der Waals surface area contributed by atoms with Gasteiger partial charge < -0.3 is 10.0 Å². The maximum absolute atomic E-state index is 10.8. The fraction of sp³-hybridized carbons (Fsp3) is 0.273. The van der Waals surface area contributed by atoms with Gasteiger partial charge in [-0.3, -0.25) is 9.67 Å². The zero-order valence-electron chi connectivity index (χ0n) is 10.1. The molecule has 2 aromatic rings. The molecule has 0 unspecified atom stereocenters. The Morgan fingerprint density at radius 2 is 2.22 bits per heavy atom. The van der Waals surface area contributed by atoms with E-state index >= 15 is 0 Å². The van der Waals surface area contributed by atoms with Gasteiger partial charge in [0.15, 0.2) is 5.69 Å². The van der Waals surface area contributed by atoms with E-state index in [2.05, 4.69) is 15.1 Å². The monoisotopic (exact) mass is 247 g/mol. The van der Waals surface area contributed by atoms with Crippen molar-refractivity contribution in [2.75, 3.05) is 11.9 Å². The van der Waals surface area contributed by atoms with Crippen molar-refractivity contribution in [3.63, 3.8) is 0 Å². The van der Waals surface area contributed by atoms with Crippen LogP contribution in [0.15, 0.2) is 24.8 Å². The first-order valence-electron chi connectivity index (χ1n) is 5.30. The van der Waals surface area contributed by atoms with Crippen molar-refractivity contribution in [2.45, 2.75) is 6.54 Å². The SMILES string of the molecule is CN(Cc1cnn(C)c1)c1cncc(C(=O)O)n1. The first-order chi connectivity index (χ1) is 8.56. The van der Waals surface area contributed by atoms with E-state index < -0.39 is 5.97 Å². The molecule has 0 radical (unpaired) electrons. The third-order valence-corrected chi connectivity index (χ3v) is 2.41. The van der Waals surface area contributed by atoms with Gasteiger partial charge in [-0.2, -0.15) is 5.10 Å². The van der Waals surface area contributed by atoms with Crippen LogP contribution >= 0.6 is 0 Å². The van der Waals surface area contributed by atoms with Gasteiger partial charge in [-0.25, -0.2) is 9.78 Å². The van der Waals surface area contributed by atoms with Crippen molar-refractivity contribution in [2.24, 2.45) is 7.05 Å². The first-order valence-corrected chi connectivity index (χ1v) is 5.30. The quantitative estimate of drug-likeness (QED) is 0.849. The average Bonchev–Trinajstić information content (AvgIpc) is 2.75. The lowest BCUT2D eigenvalue weighted by atomic mass is 10.3. The largest absolute Gasteiger partial charge is 0.476 e. The van der Waals surface area contributed by atoms with Crippen molar-refractivity contribution in [1.82, 2.24) is 19.7 Å². The highest BCUT2D eigenvalue weighted by Gasteiger charge is 2.10. The second kappa shape index (κ2) is 4.82. The second-order valence-corrected chi connectivity index (χ2v) is 3.95. The summed E-state index contributed by atoms with van der Waals surface area (Å²) >= 11 is 0. The zero-order valence-corrected chi connectivity index (χ0v) is 10.1. The number of aryl methyl sites for hydroxylation is 1. The highest BCUT2D eigenvalue weighted by atomic mass is 16.4. The molecule has 0 aliphatic carbocycles. The Morgan fingerprint density at radius 3 is 2.83 bits per heavy atom. The number of aromatic carboxylic acids is 1. The molecular weight excluding hydrogens is 234 g/mol. The molecule has 2 rings (SSSR count). The van der Waals surface area contributed by atoms with E-state index in [1.165, 1.54) is 12.4 Å². The average molecular weight is 247 g/mol. The Hall–Kier alpha value is -2.44.